The predicted molar refractivity (Wildman–Crippen MR) is 75.2 cm³/mol. The summed E-state index contributed by atoms with van der Waals surface area (Å²) in [6.07, 6.45) is 0.773. The van der Waals surface area contributed by atoms with Crippen LogP contribution in [0.5, 0.6) is 0 Å². The van der Waals surface area contributed by atoms with Crippen LogP contribution in [0.15, 0.2) is 5.16 Å². The third-order valence-corrected chi connectivity index (χ3v) is 8.16. The number of sulfone groups is 1. The van der Waals surface area contributed by atoms with E-state index in [1.165, 1.54) is 4.31 Å². The molecule has 7 nitrogen and oxygen atoms in total. The van der Waals surface area contributed by atoms with Crippen molar-refractivity contribution < 1.29 is 22.0 Å². The van der Waals surface area contributed by atoms with Crippen molar-refractivity contribution in [2.24, 2.45) is 11.1 Å². The van der Waals surface area contributed by atoms with Gasteiger partial charge in [-0.3, -0.25) is 0 Å². The summed E-state index contributed by atoms with van der Waals surface area (Å²) in [6.45, 7) is 2.42. The number of hydrogen-bond acceptors (Lipinski definition) is 6. The van der Waals surface area contributed by atoms with Crippen LogP contribution in [0.4, 0.5) is 0 Å². The normalized spacial score (nSPS) is 31.4. The van der Waals surface area contributed by atoms with E-state index in [-0.39, 0.29) is 30.3 Å². The van der Waals surface area contributed by atoms with E-state index >= 15 is 0 Å². The summed E-state index contributed by atoms with van der Waals surface area (Å²) in [4.78, 5) is 0. The summed E-state index contributed by atoms with van der Waals surface area (Å²) in [7, 11) is -6.53. The lowest BCUT2D eigenvalue weighted by Crippen LogP contribution is -2.48. The van der Waals surface area contributed by atoms with E-state index in [1.807, 2.05) is 6.92 Å². The van der Waals surface area contributed by atoms with Crippen molar-refractivity contribution in [3.8, 4) is 0 Å². The monoisotopic (exact) mass is 324 g/mol. The first kappa shape index (κ1) is 15.7. The minimum atomic E-state index is -3.47. The van der Waals surface area contributed by atoms with Crippen LogP contribution in [0.2, 0.25) is 0 Å². The molecule has 1 atom stereocenters. The maximum absolute atomic E-state index is 12.5. The largest absolute Gasteiger partial charge is 0.411 e. The molecule has 0 aliphatic carbocycles. The number of hydrogen-bond donors (Lipinski definition) is 1. The lowest BCUT2D eigenvalue weighted by Gasteiger charge is -2.34. The molecule has 9 heteroatoms. The Hall–Kier alpha value is -0.670. The molecule has 0 aromatic rings. The van der Waals surface area contributed by atoms with Crippen LogP contribution in [0, 0.1) is 5.92 Å². The van der Waals surface area contributed by atoms with E-state index in [0.717, 1.165) is 0 Å². The minimum Gasteiger partial charge on any atom is -0.411 e. The maximum Gasteiger partial charge on any atom is 0.217 e. The summed E-state index contributed by atoms with van der Waals surface area (Å²) in [5.74, 6) is -0.219. The highest BCUT2D eigenvalue weighted by molar-refractivity contribution is 7.92. The Morgan fingerprint density at radius 3 is 2.40 bits per heavy atom. The van der Waals surface area contributed by atoms with Gasteiger partial charge < -0.3 is 5.21 Å². The molecule has 0 spiro atoms. The Balaban J connectivity index is 2.08. The number of rotatable bonds is 2. The van der Waals surface area contributed by atoms with E-state index in [0.29, 0.717) is 25.2 Å². The highest BCUT2D eigenvalue weighted by Crippen LogP contribution is 2.25. The molecule has 0 saturated carbocycles. The topological polar surface area (TPSA) is 104 Å². The van der Waals surface area contributed by atoms with Crippen molar-refractivity contribution in [2.75, 3.05) is 24.6 Å². The molecule has 0 bridgehead atoms. The molecule has 2 fully saturated rings. The van der Waals surface area contributed by atoms with Gasteiger partial charge in [-0.2, -0.15) is 0 Å². The lowest BCUT2D eigenvalue weighted by atomic mass is 10.00. The quantitative estimate of drug-likeness (QED) is 0.571. The van der Waals surface area contributed by atoms with E-state index in [2.05, 4.69) is 5.16 Å². The summed E-state index contributed by atoms with van der Waals surface area (Å²) < 4.78 is 49.2. The zero-order valence-corrected chi connectivity index (χ0v) is 13.0. The van der Waals surface area contributed by atoms with Crippen molar-refractivity contribution >= 4 is 25.6 Å². The zero-order valence-electron chi connectivity index (χ0n) is 11.4. The molecule has 2 aliphatic heterocycles. The highest BCUT2D eigenvalue weighted by Gasteiger charge is 2.39. The highest BCUT2D eigenvalue weighted by atomic mass is 32.2. The SMILES string of the molecule is CC1CN(S(=O)(=O)C2CCS(=O)(=O)CC2)CCC1=NO. The van der Waals surface area contributed by atoms with Crippen LogP contribution in [0.3, 0.4) is 0 Å². The fraction of sp³-hybridized carbons (Fsp3) is 0.909. The first-order chi connectivity index (χ1) is 9.26. The van der Waals surface area contributed by atoms with E-state index in [1.54, 1.807) is 0 Å². The van der Waals surface area contributed by atoms with E-state index < -0.39 is 25.1 Å². The Morgan fingerprint density at radius 1 is 1.30 bits per heavy atom. The molecule has 116 valence electrons. The molecule has 2 heterocycles. The Morgan fingerprint density at radius 2 is 1.90 bits per heavy atom. The van der Waals surface area contributed by atoms with Crippen LogP contribution in [0.25, 0.3) is 0 Å². The molecule has 2 aliphatic rings. The van der Waals surface area contributed by atoms with E-state index in [4.69, 9.17) is 5.21 Å². The summed E-state index contributed by atoms with van der Waals surface area (Å²) in [5.41, 5.74) is 0.614. The van der Waals surface area contributed by atoms with Crippen LogP contribution < -0.4 is 0 Å². The second kappa shape index (κ2) is 5.61. The number of sulfonamides is 1. The van der Waals surface area contributed by atoms with Gasteiger partial charge >= 0.3 is 0 Å². The van der Waals surface area contributed by atoms with Gasteiger partial charge in [0.05, 0.1) is 22.5 Å². The second-order valence-electron chi connectivity index (χ2n) is 5.50. The number of nitrogens with zero attached hydrogens (tertiary/aromatic N) is 2. The molecule has 0 aromatic heterocycles. The first-order valence-corrected chi connectivity index (χ1v) is 9.99. The molecule has 1 unspecified atom stereocenters. The molecular formula is C11H20N2O5S2. The van der Waals surface area contributed by atoms with Gasteiger partial charge in [0.15, 0.2) is 0 Å². The molecule has 2 saturated heterocycles. The van der Waals surface area contributed by atoms with E-state index in [9.17, 15) is 16.8 Å². The summed E-state index contributed by atoms with van der Waals surface area (Å²) in [5, 5.41) is 11.4. The fourth-order valence-electron chi connectivity index (χ4n) is 2.74. The molecule has 1 N–H and O–H groups in total. The molecule has 2 rings (SSSR count). The third kappa shape index (κ3) is 3.15. The van der Waals surface area contributed by atoms with Gasteiger partial charge in [-0.05, 0) is 12.8 Å². The van der Waals surface area contributed by atoms with Gasteiger partial charge in [0.25, 0.3) is 0 Å². The van der Waals surface area contributed by atoms with Crippen LogP contribution in [0.1, 0.15) is 26.2 Å². The molecule has 0 aromatic carbocycles. The standard InChI is InChI=1S/C11H20N2O5S2/c1-9-8-13(5-2-11(9)12-14)20(17,18)10-3-6-19(15,16)7-4-10/h9-10,14H,2-8H2,1H3. The van der Waals surface area contributed by atoms with Gasteiger partial charge in [0.1, 0.15) is 9.84 Å². The lowest BCUT2D eigenvalue weighted by molar-refractivity contribution is 0.299. The average molecular weight is 324 g/mol. The smallest absolute Gasteiger partial charge is 0.217 e. The minimum absolute atomic E-state index is 0.0519. The molecular weight excluding hydrogens is 304 g/mol. The van der Waals surface area contributed by atoms with Gasteiger partial charge in [0.2, 0.25) is 10.0 Å². The van der Waals surface area contributed by atoms with Crippen molar-refractivity contribution in [2.45, 2.75) is 31.4 Å². The summed E-state index contributed by atoms with van der Waals surface area (Å²) >= 11 is 0. The van der Waals surface area contributed by atoms with Crippen LogP contribution in [-0.2, 0) is 19.9 Å². The Bertz CT molecular complexity index is 582. The van der Waals surface area contributed by atoms with Crippen molar-refractivity contribution in [3.05, 3.63) is 0 Å². The molecule has 20 heavy (non-hydrogen) atoms. The average Bonchev–Trinajstić information content (AvgIpc) is 2.38. The second-order valence-corrected chi connectivity index (χ2v) is 10.0. The van der Waals surface area contributed by atoms with Crippen LogP contribution >= 0.6 is 0 Å². The Kier molecular flexibility index (Phi) is 4.41. The van der Waals surface area contributed by atoms with Crippen molar-refractivity contribution in [1.82, 2.24) is 4.31 Å². The predicted octanol–water partition coefficient (Wildman–Crippen LogP) is 0.0654. The number of piperidine rings is 1. The Labute approximate surface area is 119 Å². The molecule has 0 radical (unpaired) electrons. The van der Waals surface area contributed by atoms with Crippen LogP contribution in [-0.4, -0.2) is 61.9 Å². The van der Waals surface area contributed by atoms with Gasteiger partial charge in [0, 0.05) is 25.4 Å². The third-order valence-electron chi connectivity index (χ3n) is 4.07. The van der Waals surface area contributed by atoms with Gasteiger partial charge in [-0.1, -0.05) is 12.1 Å². The van der Waals surface area contributed by atoms with Gasteiger partial charge in [-0.15, -0.1) is 0 Å². The first-order valence-electron chi connectivity index (χ1n) is 6.66. The number of oxime groups is 1. The fourth-order valence-corrected chi connectivity index (χ4v) is 6.56. The molecule has 0 amide bonds. The zero-order chi connectivity index (χ0) is 15.0. The van der Waals surface area contributed by atoms with Gasteiger partial charge in [-0.25, -0.2) is 21.1 Å². The van der Waals surface area contributed by atoms with Crippen molar-refractivity contribution in [3.63, 3.8) is 0 Å². The maximum atomic E-state index is 12.5. The summed E-state index contributed by atoms with van der Waals surface area (Å²) in [6, 6.07) is 0. The van der Waals surface area contributed by atoms with Crippen molar-refractivity contribution in [1.29, 1.82) is 0 Å².